The lowest BCUT2D eigenvalue weighted by Crippen LogP contribution is -2.28. The first-order valence-corrected chi connectivity index (χ1v) is 9.68. The second kappa shape index (κ2) is 8.39. The van der Waals surface area contributed by atoms with Crippen molar-refractivity contribution in [2.75, 3.05) is 13.2 Å². The molecule has 150 valence electrons. The molecule has 2 aromatic carbocycles. The number of esters is 2. The van der Waals surface area contributed by atoms with Crippen LogP contribution < -0.4 is 0 Å². The van der Waals surface area contributed by atoms with Crippen molar-refractivity contribution in [1.82, 2.24) is 0 Å². The van der Waals surface area contributed by atoms with Gasteiger partial charge in [-0.2, -0.15) is 0 Å². The van der Waals surface area contributed by atoms with E-state index in [2.05, 4.69) is 0 Å². The molecular weight excluding hydrogens is 372 g/mol. The topological polar surface area (TPSA) is 86.7 Å². The van der Waals surface area contributed by atoms with E-state index in [1.807, 2.05) is 6.92 Å². The maximum atomic E-state index is 13.4. The molecule has 1 aliphatic rings. The molecule has 6 heteroatoms. The Hall–Kier alpha value is -3.28. The van der Waals surface area contributed by atoms with Gasteiger partial charge in [0.1, 0.15) is 0 Å². The first-order valence-electron chi connectivity index (χ1n) is 9.68. The number of ether oxygens (including phenoxy) is 2. The van der Waals surface area contributed by atoms with Gasteiger partial charge in [0.2, 0.25) is 0 Å². The van der Waals surface area contributed by atoms with Crippen LogP contribution in [0.4, 0.5) is 0 Å². The van der Waals surface area contributed by atoms with Crippen molar-refractivity contribution in [2.24, 2.45) is 0 Å². The van der Waals surface area contributed by atoms with Crippen LogP contribution in [0, 0.1) is 0 Å². The van der Waals surface area contributed by atoms with E-state index in [1.165, 1.54) is 6.07 Å². The monoisotopic (exact) mass is 394 g/mol. The minimum absolute atomic E-state index is 0.00338. The Labute approximate surface area is 168 Å². The van der Waals surface area contributed by atoms with Crippen LogP contribution in [0.25, 0.3) is 0 Å². The number of fused-ring (bicyclic) bond motifs is 2. The average Bonchev–Trinajstić information content (AvgIpc) is 2.72. The number of benzene rings is 2. The number of hydrogen-bond acceptors (Lipinski definition) is 6. The van der Waals surface area contributed by atoms with E-state index >= 15 is 0 Å². The zero-order valence-corrected chi connectivity index (χ0v) is 16.7. The lowest BCUT2D eigenvalue weighted by Gasteiger charge is -2.24. The molecule has 0 radical (unpaired) electrons. The van der Waals surface area contributed by atoms with Gasteiger partial charge in [-0.15, -0.1) is 0 Å². The Kier molecular flexibility index (Phi) is 5.92. The van der Waals surface area contributed by atoms with Gasteiger partial charge in [-0.25, -0.2) is 9.59 Å². The molecule has 0 amide bonds. The summed E-state index contributed by atoms with van der Waals surface area (Å²) in [7, 11) is 0. The highest BCUT2D eigenvalue weighted by Gasteiger charge is 2.37. The van der Waals surface area contributed by atoms with Crippen molar-refractivity contribution in [3.63, 3.8) is 0 Å². The van der Waals surface area contributed by atoms with Crippen LogP contribution >= 0.6 is 0 Å². The Morgan fingerprint density at radius 3 is 1.83 bits per heavy atom. The third-order valence-corrected chi connectivity index (χ3v) is 4.80. The van der Waals surface area contributed by atoms with Gasteiger partial charge in [0.15, 0.2) is 11.6 Å². The van der Waals surface area contributed by atoms with Crippen molar-refractivity contribution in [1.29, 1.82) is 0 Å². The Morgan fingerprint density at radius 1 is 0.793 bits per heavy atom. The van der Waals surface area contributed by atoms with Crippen molar-refractivity contribution >= 4 is 23.5 Å². The first-order chi connectivity index (χ1) is 14.0. The minimum Gasteiger partial charge on any atom is -0.462 e. The van der Waals surface area contributed by atoms with Crippen LogP contribution in [0.1, 0.15) is 85.3 Å². The van der Waals surface area contributed by atoms with E-state index < -0.39 is 17.7 Å². The molecule has 1 aliphatic carbocycles. The maximum Gasteiger partial charge on any atom is 0.338 e. The largest absolute Gasteiger partial charge is 0.462 e. The molecule has 0 aliphatic heterocycles. The predicted octanol–water partition coefficient (Wildman–Crippen LogP) is 3.77. The molecule has 0 fully saturated rings. The highest BCUT2D eigenvalue weighted by atomic mass is 16.5. The fourth-order valence-electron chi connectivity index (χ4n) is 3.63. The van der Waals surface area contributed by atoms with Gasteiger partial charge >= 0.3 is 11.9 Å². The average molecular weight is 394 g/mol. The van der Waals surface area contributed by atoms with Gasteiger partial charge in [0, 0.05) is 22.3 Å². The van der Waals surface area contributed by atoms with Gasteiger partial charge in [-0.1, -0.05) is 37.6 Å². The molecule has 6 nitrogen and oxygen atoms in total. The zero-order chi connectivity index (χ0) is 21.1. The van der Waals surface area contributed by atoms with Crippen molar-refractivity contribution in [3.8, 4) is 0 Å². The number of carbonyl (C=O) groups excluding carboxylic acids is 4. The highest BCUT2D eigenvalue weighted by molar-refractivity contribution is 6.31. The van der Waals surface area contributed by atoms with Crippen LogP contribution in [-0.2, 0) is 15.9 Å². The SMILES string of the molecule is CCCc1c(C(=O)OCC)cc(C(=O)OCC)c2c1C(=O)c1ccccc1C2=O. The fourth-order valence-corrected chi connectivity index (χ4v) is 3.63. The number of rotatable bonds is 6. The molecule has 0 spiro atoms. The lowest BCUT2D eigenvalue weighted by molar-refractivity contribution is 0.0521. The summed E-state index contributed by atoms with van der Waals surface area (Å²) in [4.78, 5) is 51.9. The molecule has 0 saturated heterocycles. The molecule has 3 rings (SSSR count). The zero-order valence-electron chi connectivity index (χ0n) is 16.7. The Bertz CT molecular complexity index is 1020. The summed E-state index contributed by atoms with van der Waals surface area (Å²) in [5.41, 5.74) is 1.07. The van der Waals surface area contributed by atoms with E-state index in [4.69, 9.17) is 9.47 Å². The molecule has 0 atom stereocenters. The lowest BCUT2D eigenvalue weighted by atomic mass is 9.77. The summed E-state index contributed by atoms with van der Waals surface area (Å²) in [5, 5.41) is 0. The second-order valence-corrected chi connectivity index (χ2v) is 6.60. The molecule has 0 saturated carbocycles. The van der Waals surface area contributed by atoms with Gasteiger partial charge in [0.25, 0.3) is 0 Å². The third-order valence-electron chi connectivity index (χ3n) is 4.80. The van der Waals surface area contributed by atoms with Crippen LogP contribution in [0.3, 0.4) is 0 Å². The standard InChI is InChI=1S/C23H22O6/c1-4-9-13-16(22(26)28-5-2)12-17(23(27)29-6-3)19-18(13)20(24)14-10-7-8-11-15(14)21(19)25/h7-8,10-12H,4-6,9H2,1-3H3. The highest BCUT2D eigenvalue weighted by Crippen LogP contribution is 2.35. The van der Waals surface area contributed by atoms with E-state index in [-0.39, 0.29) is 52.4 Å². The van der Waals surface area contributed by atoms with Gasteiger partial charge in [-0.3, -0.25) is 9.59 Å². The van der Waals surface area contributed by atoms with Gasteiger partial charge < -0.3 is 9.47 Å². The summed E-state index contributed by atoms with van der Waals surface area (Å²) in [5.74, 6) is -2.19. The number of ketones is 2. The smallest absolute Gasteiger partial charge is 0.338 e. The van der Waals surface area contributed by atoms with Crippen LogP contribution in [0.15, 0.2) is 30.3 Å². The molecule has 0 aromatic heterocycles. The predicted molar refractivity (Wildman–Crippen MR) is 106 cm³/mol. The summed E-state index contributed by atoms with van der Waals surface area (Å²) < 4.78 is 10.3. The summed E-state index contributed by atoms with van der Waals surface area (Å²) in [6.45, 7) is 5.46. The molecule has 0 unspecified atom stereocenters. The van der Waals surface area contributed by atoms with Crippen molar-refractivity contribution in [2.45, 2.75) is 33.6 Å². The summed E-state index contributed by atoms with van der Waals surface area (Å²) in [6, 6.07) is 7.81. The van der Waals surface area contributed by atoms with Crippen molar-refractivity contribution in [3.05, 3.63) is 69.3 Å². The van der Waals surface area contributed by atoms with E-state index in [9.17, 15) is 19.2 Å². The van der Waals surface area contributed by atoms with Gasteiger partial charge in [-0.05, 0) is 31.9 Å². The number of hydrogen-bond donors (Lipinski definition) is 0. The quantitative estimate of drug-likeness (QED) is 0.592. The summed E-state index contributed by atoms with van der Waals surface area (Å²) >= 11 is 0. The Balaban J connectivity index is 2.39. The van der Waals surface area contributed by atoms with Crippen LogP contribution in [0.5, 0.6) is 0 Å². The second-order valence-electron chi connectivity index (χ2n) is 6.60. The molecular formula is C23H22O6. The molecule has 0 heterocycles. The molecule has 0 bridgehead atoms. The van der Waals surface area contributed by atoms with Crippen molar-refractivity contribution < 1.29 is 28.7 Å². The number of carbonyl (C=O) groups is 4. The van der Waals surface area contributed by atoms with Gasteiger partial charge in [0.05, 0.1) is 24.3 Å². The molecule has 2 aromatic rings. The fraction of sp³-hybridized carbons (Fsp3) is 0.304. The van der Waals surface area contributed by atoms with E-state index in [0.29, 0.717) is 18.4 Å². The first kappa shape index (κ1) is 20.5. The summed E-state index contributed by atoms with van der Waals surface area (Å²) in [6.07, 6.45) is 1.03. The van der Waals surface area contributed by atoms with Crippen LogP contribution in [0.2, 0.25) is 0 Å². The van der Waals surface area contributed by atoms with E-state index in [0.717, 1.165) is 0 Å². The molecule has 0 N–H and O–H groups in total. The van der Waals surface area contributed by atoms with Crippen LogP contribution in [-0.4, -0.2) is 36.7 Å². The normalized spacial score (nSPS) is 12.2. The minimum atomic E-state index is -0.752. The Morgan fingerprint density at radius 2 is 1.31 bits per heavy atom. The van der Waals surface area contributed by atoms with E-state index in [1.54, 1.807) is 38.1 Å². The molecule has 29 heavy (non-hydrogen) atoms. The maximum absolute atomic E-state index is 13.4. The third kappa shape index (κ3) is 3.46.